The van der Waals surface area contributed by atoms with Crippen LogP contribution >= 0.6 is 0 Å². The minimum atomic E-state index is -0.424. The van der Waals surface area contributed by atoms with Gasteiger partial charge >= 0.3 is 5.97 Å². The summed E-state index contributed by atoms with van der Waals surface area (Å²) < 4.78 is 23.4. The number of rotatable bonds is 6. The predicted octanol–water partition coefficient (Wildman–Crippen LogP) is 3.33. The van der Waals surface area contributed by atoms with Gasteiger partial charge < -0.3 is 14.4 Å². The van der Waals surface area contributed by atoms with Crippen molar-refractivity contribution in [3.8, 4) is 11.5 Å². The third kappa shape index (κ3) is 4.56. The molecular formula is C19H18FNO4. The van der Waals surface area contributed by atoms with Crippen molar-refractivity contribution < 1.29 is 23.5 Å². The van der Waals surface area contributed by atoms with E-state index in [0.29, 0.717) is 17.9 Å². The molecule has 0 unspecified atom stereocenters. The summed E-state index contributed by atoms with van der Waals surface area (Å²) in [5, 5.41) is 0. The Labute approximate surface area is 145 Å². The van der Waals surface area contributed by atoms with Crippen LogP contribution in [-0.2, 0) is 9.59 Å². The summed E-state index contributed by atoms with van der Waals surface area (Å²) in [7, 11) is 0. The SMILES string of the molecule is O=C(CCOc1ccc(F)cc1)Oc1ccc(N2CCCC2=O)cc1. The zero-order chi connectivity index (χ0) is 17.6. The lowest BCUT2D eigenvalue weighted by Crippen LogP contribution is -2.23. The number of hydrogen-bond acceptors (Lipinski definition) is 4. The molecule has 0 saturated carbocycles. The van der Waals surface area contributed by atoms with Crippen molar-refractivity contribution in [2.24, 2.45) is 0 Å². The highest BCUT2D eigenvalue weighted by molar-refractivity contribution is 5.95. The van der Waals surface area contributed by atoms with E-state index < -0.39 is 5.97 Å². The number of amides is 1. The van der Waals surface area contributed by atoms with Gasteiger partial charge in [0.2, 0.25) is 5.91 Å². The molecule has 1 aliphatic heterocycles. The van der Waals surface area contributed by atoms with Gasteiger partial charge in [-0.1, -0.05) is 0 Å². The molecule has 5 nitrogen and oxygen atoms in total. The van der Waals surface area contributed by atoms with Crippen LogP contribution in [0.25, 0.3) is 0 Å². The molecule has 130 valence electrons. The van der Waals surface area contributed by atoms with Crippen LogP contribution in [0.5, 0.6) is 11.5 Å². The summed E-state index contributed by atoms with van der Waals surface area (Å²) in [5.74, 6) is 0.261. The van der Waals surface area contributed by atoms with Crippen LogP contribution < -0.4 is 14.4 Å². The summed E-state index contributed by atoms with van der Waals surface area (Å²) >= 11 is 0. The summed E-state index contributed by atoms with van der Waals surface area (Å²) in [6, 6.07) is 12.4. The second kappa shape index (κ2) is 7.79. The third-order valence-electron chi connectivity index (χ3n) is 3.84. The highest BCUT2D eigenvalue weighted by Crippen LogP contribution is 2.24. The molecule has 0 aliphatic carbocycles. The van der Waals surface area contributed by atoms with Gasteiger partial charge in [-0.2, -0.15) is 0 Å². The van der Waals surface area contributed by atoms with Crippen molar-refractivity contribution >= 4 is 17.6 Å². The molecule has 1 heterocycles. The van der Waals surface area contributed by atoms with E-state index in [4.69, 9.17) is 9.47 Å². The Morgan fingerprint density at radius 2 is 1.72 bits per heavy atom. The Hall–Kier alpha value is -2.89. The Morgan fingerprint density at radius 3 is 2.36 bits per heavy atom. The molecule has 2 aromatic carbocycles. The van der Waals surface area contributed by atoms with E-state index in [2.05, 4.69) is 0 Å². The summed E-state index contributed by atoms with van der Waals surface area (Å²) in [4.78, 5) is 25.2. The molecule has 25 heavy (non-hydrogen) atoms. The molecular weight excluding hydrogens is 325 g/mol. The lowest BCUT2D eigenvalue weighted by atomic mass is 10.3. The fraction of sp³-hybridized carbons (Fsp3) is 0.263. The summed E-state index contributed by atoms with van der Waals surface area (Å²) in [6.45, 7) is 0.865. The van der Waals surface area contributed by atoms with Gasteiger partial charge in [-0.15, -0.1) is 0 Å². The maximum atomic E-state index is 12.8. The third-order valence-corrected chi connectivity index (χ3v) is 3.84. The van der Waals surface area contributed by atoms with E-state index in [1.54, 1.807) is 29.2 Å². The zero-order valence-corrected chi connectivity index (χ0v) is 13.6. The molecule has 1 saturated heterocycles. The highest BCUT2D eigenvalue weighted by atomic mass is 19.1. The van der Waals surface area contributed by atoms with Crippen molar-refractivity contribution in [3.05, 3.63) is 54.3 Å². The maximum absolute atomic E-state index is 12.8. The van der Waals surface area contributed by atoms with Gasteiger partial charge in [0, 0.05) is 18.7 Å². The van der Waals surface area contributed by atoms with Gasteiger partial charge in [0.05, 0.1) is 13.0 Å². The number of halogens is 1. The van der Waals surface area contributed by atoms with Gasteiger partial charge in [0.15, 0.2) is 0 Å². The predicted molar refractivity (Wildman–Crippen MR) is 90.2 cm³/mol. The van der Waals surface area contributed by atoms with Crippen LogP contribution in [0, 0.1) is 5.82 Å². The Morgan fingerprint density at radius 1 is 1.04 bits per heavy atom. The second-order valence-corrected chi connectivity index (χ2v) is 5.67. The summed E-state index contributed by atoms with van der Waals surface area (Å²) in [6.07, 6.45) is 1.51. The average Bonchev–Trinajstić information content (AvgIpc) is 3.03. The second-order valence-electron chi connectivity index (χ2n) is 5.67. The lowest BCUT2D eigenvalue weighted by molar-refractivity contribution is -0.134. The van der Waals surface area contributed by atoms with Crippen molar-refractivity contribution in [3.63, 3.8) is 0 Å². The quantitative estimate of drug-likeness (QED) is 0.596. The van der Waals surface area contributed by atoms with Crippen molar-refractivity contribution in [2.75, 3.05) is 18.1 Å². The number of hydrogen-bond donors (Lipinski definition) is 0. The molecule has 0 atom stereocenters. The van der Waals surface area contributed by atoms with Gasteiger partial charge in [0.25, 0.3) is 0 Å². The van der Waals surface area contributed by atoms with E-state index in [0.717, 1.165) is 18.7 Å². The Kier molecular flexibility index (Phi) is 5.28. The Bertz CT molecular complexity index is 743. The fourth-order valence-electron chi connectivity index (χ4n) is 2.58. The van der Waals surface area contributed by atoms with Crippen LogP contribution in [0.1, 0.15) is 19.3 Å². The zero-order valence-electron chi connectivity index (χ0n) is 13.6. The van der Waals surface area contributed by atoms with Crippen molar-refractivity contribution in [1.82, 2.24) is 0 Å². The number of carbonyl (C=O) groups excluding carboxylic acids is 2. The number of benzene rings is 2. The van der Waals surface area contributed by atoms with Crippen LogP contribution in [0.15, 0.2) is 48.5 Å². The van der Waals surface area contributed by atoms with Gasteiger partial charge in [-0.05, 0) is 55.0 Å². The largest absolute Gasteiger partial charge is 0.493 e. The first kappa shape index (κ1) is 17.0. The van der Waals surface area contributed by atoms with E-state index in [9.17, 15) is 14.0 Å². The average molecular weight is 343 g/mol. The normalized spacial score (nSPS) is 13.8. The fourth-order valence-corrected chi connectivity index (χ4v) is 2.58. The molecule has 2 aromatic rings. The first-order valence-corrected chi connectivity index (χ1v) is 8.11. The molecule has 0 N–H and O–H groups in total. The first-order chi connectivity index (χ1) is 12.1. The number of esters is 1. The molecule has 0 radical (unpaired) electrons. The minimum absolute atomic E-state index is 0.0732. The standard InChI is InChI=1S/C19H18FNO4/c20-14-3-7-16(8-4-14)24-13-11-19(23)25-17-9-5-15(6-10-17)21-12-1-2-18(21)22/h3-10H,1-2,11-13H2. The van der Waals surface area contributed by atoms with Gasteiger partial charge in [0.1, 0.15) is 17.3 Å². The van der Waals surface area contributed by atoms with Crippen molar-refractivity contribution in [1.29, 1.82) is 0 Å². The molecule has 1 fully saturated rings. The highest BCUT2D eigenvalue weighted by Gasteiger charge is 2.21. The number of anilines is 1. The summed E-state index contributed by atoms with van der Waals surface area (Å²) in [5.41, 5.74) is 0.807. The molecule has 0 aromatic heterocycles. The van der Waals surface area contributed by atoms with Gasteiger partial charge in [-0.3, -0.25) is 9.59 Å². The monoisotopic (exact) mass is 343 g/mol. The first-order valence-electron chi connectivity index (χ1n) is 8.11. The maximum Gasteiger partial charge on any atom is 0.314 e. The van der Waals surface area contributed by atoms with E-state index >= 15 is 0 Å². The Balaban J connectivity index is 1.46. The molecule has 6 heteroatoms. The smallest absolute Gasteiger partial charge is 0.314 e. The molecule has 1 aliphatic rings. The van der Waals surface area contributed by atoms with Crippen LogP contribution in [0.2, 0.25) is 0 Å². The van der Waals surface area contributed by atoms with Crippen LogP contribution in [-0.4, -0.2) is 25.0 Å². The van der Waals surface area contributed by atoms with Crippen LogP contribution in [0.3, 0.4) is 0 Å². The van der Waals surface area contributed by atoms with Crippen molar-refractivity contribution in [2.45, 2.75) is 19.3 Å². The molecule has 1 amide bonds. The van der Waals surface area contributed by atoms with E-state index in [1.807, 2.05) is 0 Å². The van der Waals surface area contributed by atoms with Crippen LogP contribution in [0.4, 0.5) is 10.1 Å². The molecule has 3 rings (SSSR count). The minimum Gasteiger partial charge on any atom is -0.493 e. The van der Waals surface area contributed by atoms with Gasteiger partial charge in [-0.25, -0.2) is 4.39 Å². The number of carbonyl (C=O) groups is 2. The van der Waals surface area contributed by atoms with E-state index in [-0.39, 0.29) is 24.8 Å². The number of nitrogens with zero attached hydrogens (tertiary/aromatic N) is 1. The molecule has 0 spiro atoms. The lowest BCUT2D eigenvalue weighted by Gasteiger charge is -2.15. The topological polar surface area (TPSA) is 55.8 Å². The molecule has 0 bridgehead atoms. The number of ether oxygens (including phenoxy) is 2. The van der Waals surface area contributed by atoms with E-state index in [1.165, 1.54) is 24.3 Å².